The van der Waals surface area contributed by atoms with E-state index in [1.807, 2.05) is 31.2 Å². The van der Waals surface area contributed by atoms with Gasteiger partial charge >= 0.3 is 0 Å². The zero-order valence-electron chi connectivity index (χ0n) is 16.3. The summed E-state index contributed by atoms with van der Waals surface area (Å²) in [6.45, 7) is 2.34. The number of amides is 1. The summed E-state index contributed by atoms with van der Waals surface area (Å²) in [6.07, 6.45) is -0.723. The maximum absolute atomic E-state index is 13.3. The molecule has 1 aromatic carbocycles. The number of aryl methyl sites for hydroxylation is 2. The Labute approximate surface area is 169 Å². The molecule has 0 unspecified atom stereocenters. The number of rotatable bonds is 3. The second kappa shape index (κ2) is 6.75. The predicted octanol–water partition coefficient (Wildman–Crippen LogP) is 3.32. The first kappa shape index (κ1) is 18.5. The molecule has 0 spiro atoms. The summed E-state index contributed by atoms with van der Waals surface area (Å²) < 4.78 is 33.2. The van der Waals surface area contributed by atoms with Crippen LogP contribution in [0.4, 0.5) is 8.78 Å². The van der Waals surface area contributed by atoms with Gasteiger partial charge in [-0.15, -0.1) is 5.10 Å². The van der Waals surface area contributed by atoms with Crippen molar-refractivity contribution in [3.05, 3.63) is 65.0 Å². The number of furan rings is 1. The van der Waals surface area contributed by atoms with Crippen molar-refractivity contribution in [2.75, 3.05) is 6.54 Å². The van der Waals surface area contributed by atoms with Crippen LogP contribution in [-0.2, 0) is 13.5 Å². The first-order valence-electron chi connectivity index (χ1n) is 9.45. The minimum Gasteiger partial charge on any atom is -0.458 e. The van der Waals surface area contributed by atoms with Crippen LogP contribution in [0.25, 0.3) is 11.0 Å². The largest absolute Gasteiger partial charge is 0.458 e. The molecule has 1 amide bonds. The fourth-order valence-corrected chi connectivity index (χ4v) is 3.96. The first-order valence-corrected chi connectivity index (χ1v) is 9.45. The normalized spacial score (nSPS) is 16.4. The third-order valence-corrected chi connectivity index (χ3v) is 5.42. The smallest absolute Gasteiger partial charge is 0.299 e. The van der Waals surface area contributed by atoms with Crippen molar-refractivity contribution in [2.45, 2.75) is 25.8 Å². The van der Waals surface area contributed by atoms with E-state index in [-0.39, 0.29) is 5.82 Å². The summed E-state index contributed by atoms with van der Waals surface area (Å²) in [7, 11) is 1.43. The number of alkyl halides is 2. The minimum atomic E-state index is -2.86. The number of nitrogens with one attached hydrogen (secondary N) is 1. The van der Waals surface area contributed by atoms with Crippen molar-refractivity contribution in [2.24, 2.45) is 7.05 Å². The molecule has 10 heteroatoms. The third-order valence-electron chi connectivity index (χ3n) is 5.42. The molecule has 1 aliphatic rings. The SMILES string of the molecule is Cc1cccc2oc([C@H]3c4nc[nH]c4CCN3C(=O)c3nc(C(F)F)nn3C)cc12. The van der Waals surface area contributed by atoms with Crippen LogP contribution in [0.3, 0.4) is 0 Å². The molecular weight excluding hydrogens is 394 g/mol. The molecule has 154 valence electrons. The summed E-state index contributed by atoms with van der Waals surface area (Å²) in [4.78, 5) is 26.2. The van der Waals surface area contributed by atoms with E-state index in [2.05, 4.69) is 20.1 Å². The lowest BCUT2D eigenvalue weighted by Gasteiger charge is -2.33. The van der Waals surface area contributed by atoms with Crippen LogP contribution < -0.4 is 0 Å². The summed E-state index contributed by atoms with van der Waals surface area (Å²) in [5, 5.41) is 4.61. The van der Waals surface area contributed by atoms with E-state index in [0.29, 0.717) is 30.0 Å². The fraction of sp³-hybridized carbons (Fsp3) is 0.300. The van der Waals surface area contributed by atoms with Crippen LogP contribution in [0, 0.1) is 6.92 Å². The molecular formula is C20H18F2N6O2. The molecule has 4 heterocycles. The lowest BCUT2D eigenvalue weighted by atomic mass is 9.99. The highest BCUT2D eigenvalue weighted by Gasteiger charge is 2.38. The van der Waals surface area contributed by atoms with Gasteiger partial charge in [-0.25, -0.2) is 23.4 Å². The van der Waals surface area contributed by atoms with Crippen molar-refractivity contribution in [3.63, 3.8) is 0 Å². The molecule has 1 atom stereocenters. The van der Waals surface area contributed by atoms with Gasteiger partial charge in [-0.05, 0) is 24.6 Å². The Balaban J connectivity index is 1.62. The molecule has 1 aliphatic heterocycles. The van der Waals surface area contributed by atoms with Gasteiger partial charge in [0.2, 0.25) is 11.6 Å². The van der Waals surface area contributed by atoms with Crippen LogP contribution in [-0.4, -0.2) is 42.1 Å². The maximum atomic E-state index is 13.3. The quantitative estimate of drug-likeness (QED) is 0.557. The highest BCUT2D eigenvalue weighted by Crippen LogP contribution is 2.37. The molecule has 5 rings (SSSR count). The number of aromatic nitrogens is 5. The molecule has 3 aromatic heterocycles. The second-order valence-electron chi connectivity index (χ2n) is 7.27. The maximum Gasteiger partial charge on any atom is 0.299 e. The van der Waals surface area contributed by atoms with E-state index in [1.54, 1.807) is 11.2 Å². The van der Waals surface area contributed by atoms with E-state index in [0.717, 1.165) is 21.3 Å². The summed E-state index contributed by atoms with van der Waals surface area (Å²) >= 11 is 0. The van der Waals surface area contributed by atoms with E-state index in [1.165, 1.54) is 7.05 Å². The highest BCUT2D eigenvalue weighted by molar-refractivity contribution is 5.91. The average Bonchev–Trinajstić information content (AvgIpc) is 3.44. The lowest BCUT2D eigenvalue weighted by molar-refractivity contribution is 0.0654. The van der Waals surface area contributed by atoms with E-state index >= 15 is 0 Å². The lowest BCUT2D eigenvalue weighted by Crippen LogP contribution is -2.41. The Kier molecular flexibility index (Phi) is 4.16. The molecule has 4 aromatic rings. The Bertz CT molecular complexity index is 1260. The third kappa shape index (κ3) is 2.78. The number of benzene rings is 1. The van der Waals surface area contributed by atoms with Crippen molar-refractivity contribution in [3.8, 4) is 0 Å². The number of nitrogens with zero attached hydrogens (tertiary/aromatic N) is 5. The summed E-state index contributed by atoms with van der Waals surface area (Å²) in [5.41, 5.74) is 3.34. The fourth-order valence-electron chi connectivity index (χ4n) is 3.96. The first-order chi connectivity index (χ1) is 14.4. The molecule has 0 saturated carbocycles. The number of hydrogen-bond donors (Lipinski definition) is 1. The topological polar surface area (TPSA) is 92.8 Å². The van der Waals surface area contributed by atoms with Gasteiger partial charge in [0.1, 0.15) is 17.4 Å². The molecule has 0 aliphatic carbocycles. The Morgan fingerprint density at radius 1 is 1.37 bits per heavy atom. The average molecular weight is 412 g/mol. The van der Waals surface area contributed by atoms with Crippen LogP contribution in [0.2, 0.25) is 0 Å². The summed E-state index contributed by atoms with van der Waals surface area (Å²) in [5.74, 6) is -0.777. The van der Waals surface area contributed by atoms with Crippen LogP contribution in [0.1, 0.15) is 51.6 Å². The number of carbonyl (C=O) groups is 1. The standard InChI is InChI=1S/C20H18F2N6O2/c1-10-4-3-5-13-11(10)8-14(30-13)16-15-12(23-9-24-15)6-7-28(16)20(29)19-25-18(17(21)22)26-27(19)2/h3-5,8-9,16-17H,6-7H2,1-2H3,(H,23,24)/t16-/m0/s1. The van der Waals surface area contributed by atoms with E-state index in [9.17, 15) is 13.6 Å². The van der Waals surface area contributed by atoms with Crippen molar-refractivity contribution in [1.29, 1.82) is 0 Å². The Morgan fingerprint density at radius 3 is 2.93 bits per heavy atom. The predicted molar refractivity (Wildman–Crippen MR) is 102 cm³/mol. The molecule has 0 bridgehead atoms. The Hall–Kier alpha value is -3.56. The number of hydrogen-bond acceptors (Lipinski definition) is 5. The number of imidazole rings is 1. The van der Waals surface area contributed by atoms with Crippen LogP contribution in [0.5, 0.6) is 0 Å². The van der Waals surface area contributed by atoms with Crippen molar-refractivity contribution >= 4 is 16.9 Å². The number of carbonyl (C=O) groups excluding carboxylic acids is 1. The number of aromatic amines is 1. The van der Waals surface area contributed by atoms with E-state index in [4.69, 9.17) is 4.42 Å². The second-order valence-corrected chi connectivity index (χ2v) is 7.27. The van der Waals surface area contributed by atoms with Gasteiger partial charge < -0.3 is 14.3 Å². The molecule has 30 heavy (non-hydrogen) atoms. The van der Waals surface area contributed by atoms with Crippen LogP contribution in [0.15, 0.2) is 35.0 Å². The molecule has 1 N–H and O–H groups in total. The molecule has 0 saturated heterocycles. The zero-order valence-corrected chi connectivity index (χ0v) is 16.3. The van der Waals surface area contributed by atoms with Gasteiger partial charge in [-0.2, -0.15) is 0 Å². The van der Waals surface area contributed by atoms with Crippen molar-refractivity contribution < 1.29 is 18.0 Å². The molecule has 0 radical (unpaired) electrons. The summed E-state index contributed by atoms with van der Waals surface area (Å²) in [6, 6.07) is 7.05. The van der Waals surface area contributed by atoms with Gasteiger partial charge in [0.05, 0.1) is 12.0 Å². The monoisotopic (exact) mass is 412 g/mol. The van der Waals surface area contributed by atoms with Crippen molar-refractivity contribution in [1.82, 2.24) is 29.6 Å². The van der Waals surface area contributed by atoms with Gasteiger partial charge in [-0.3, -0.25) is 4.79 Å². The van der Waals surface area contributed by atoms with Gasteiger partial charge in [0.15, 0.2) is 0 Å². The minimum absolute atomic E-state index is 0.151. The Morgan fingerprint density at radius 2 is 2.20 bits per heavy atom. The van der Waals surface area contributed by atoms with Gasteiger partial charge in [0, 0.05) is 31.1 Å². The number of halogens is 2. The van der Waals surface area contributed by atoms with E-state index < -0.39 is 24.2 Å². The van der Waals surface area contributed by atoms with Gasteiger partial charge in [-0.1, -0.05) is 12.1 Å². The molecule has 8 nitrogen and oxygen atoms in total. The molecule has 0 fully saturated rings. The highest BCUT2D eigenvalue weighted by atomic mass is 19.3. The van der Waals surface area contributed by atoms with Crippen LogP contribution >= 0.6 is 0 Å². The number of fused-ring (bicyclic) bond motifs is 2. The number of H-pyrrole nitrogens is 1. The van der Waals surface area contributed by atoms with Gasteiger partial charge in [0.25, 0.3) is 12.3 Å². The zero-order chi connectivity index (χ0) is 21.0.